The number of rotatable bonds is 5. The highest BCUT2D eigenvalue weighted by Crippen LogP contribution is 2.10. The van der Waals surface area contributed by atoms with Crippen LogP contribution in [0.5, 0.6) is 0 Å². The van der Waals surface area contributed by atoms with Crippen LogP contribution in [0.25, 0.3) is 0 Å². The quantitative estimate of drug-likeness (QED) is 0.634. The average Bonchev–Trinajstić information content (AvgIpc) is 2.24. The van der Waals surface area contributed by atoms with Crippen molar-refractivity contribution >= 4 is 10.1 Å². The lowest BCUT2D eigenvalue weighted by atomic mass is 10.1. The molecule has 1 aromatic carbocycles. The van der Waals surface area contributed by atoms with E-state index in [1.54, 1.807) is 18.4 Å². The van der Waals surface area contributed by atoms with Crippen LogP contribution in [0.2, 0.25) is 0 Å². The van der Waals surface area contributed by atoms with Crippen molar-refractivity contribution in [2.45, 2.75) is 18.2 Å². The van der Waals surface area contributed by atoms with Gasteiger partial charge in [0.25, 0.3) is 10.1 Å². The maximum absolute atomic E-state index is 10.8. The third kappa shape index (κ3) is 4.04. The van der Waals surface area contributed by atoms with Gasteiger partial charge in [-0.05, 0) is 37.1 Å². The van der Waals surface area contributed by atoms with Crippen LogP contribution in [0.3, 0.4) is 0 Å². The summed E-state index contributed by atoms with van der Waals surface area (Å²) in [5, 5.41) is 0. The third-order valence-electron chi connectivity index (χ3n) is 1.93. The van der Waals surface area contributed by atoms with Gasteiger partial charge < -0.3 is 4.74 Å². The first kappa shape index (κ1) is 12.7. The molecule has 0 fully saturated rings. The number of hydrogen-bond donors (Lipinski definition) is 1. The molecule has 1 N–H and O–H groups in total. The predicted molar refractivity (Wildman–Crippen MR) is 60.7 cm³/mol. The molecule has 0 aromatic heterocycles. The van der Waals surface area contributed by atoms with Crippen LogP contribution in [0.1, 0.15) is 12.5 Å². The van der Waals surface area contributed by atoms with Crippen LogP contribution in [-0.4, -0.2) is 19.6 Å². The van der Waals surface area contributed by atoms with E-state index in [1.165, 1.54) is 12.1 Å². The van der Waals surface area contributed by atoms with E-state index in [9.17, 15) is 8.42 Å². The molecule has 0 atom stereocenters. The van der Waals surface area contributed by atoms with Gasteiger partial charge in [-0.1, -0.05) is 12.1 Å². The minimum Gasteiger partial charge on any atom is -0.502 e. The fourth-order valence-electron chi connectivity index (χ4n) is 1.15. The largest absolute Gasteiger partial charge is 0.502 e. The lowest BCUT2D eigenvalue weighted by molar-refractivity contribution is 0.268. The van der Waals surface area contributed by atoms with E-state index in [0.717, 1.165) is 5.56 Å². The van der Waals surface area contributed by atoms with Crippen LogP contribution < -0.4 is 0 Å². The molecule has 1 aromatic rings. The van der Waals surface area contributed by atoms with Gasteiger partial charge in [0, 0.05) is 0 Å². The zero-order valence-corrected chi connectivity index (χ0v) is 9.78. The van der Waals surface area contributed by atoms with E-state index in [-0.39, 0.29) is 4.90 Å². The fourth-order valence-corrected chi connectivity index (χ4v) is 1.63. The Kier molecular flexibility index (Phi) is 4.52. The van der Waals surface area contributed by atoms with Crippen LogP contribution in [-0.2, 0) is 21.3 Å². The van der Waals surface area contributed by atoms with Gasteiger partial charge in [0.2, 0.25) is 0 Å². The topological polar surface area (TPSA) is 63.6 Å². The van der Waals surface area contributed by atoms with Crippen molar-refractivity contribution < 1.29 is 17.7 Å². The molecule has 88 valence electrons. The van der Waals surface area contributed by atoms with Gasteiger partial charge in [-0.2, -0.15) is 8.42 Å². The molecule has 0 saturated carbocycles. The van der Waals surface area contributed by atoms with Gasteiger partial charge in [0.05, 0.1) is 17.8 Å². The third-order valence-corrected chi connectivity index (χ3v) is 2.80. The van der Waals surface area contributed by atoms with Gasteiger partial charge in [0.15, 0.2) is 0 Å². The summed E-state index contributed by atoms with van der Waals surface area (Å²) in [6.45, 7) is 2.52. The van der Waals surface area contributed by atoms with E-state index < -0.39 is 10.1 Å². The molecule has 16 heavy (non-hydrogen) atoms. The second kappa shape index (κ2) is 5.67. The second-order valence-corrected chi connectivity index (χ2v) is 4.57. The summed E-state index contributed by atoms with van der Waals surface area (Å²) >= 11 is 0. The first-order chi connectivity index (χ1) is 7.54. The number of allylic oxidation sites excluding steroid dienone is 1. The molecule has 0 bridgehead atoms. The van der Waals surface area contributed by atoms with E-state index in [2.05, 4.69) is 0 Å². The Hall–Kier alpha value is -1.33. The summed E-state index contributed by atoms with van der Waals surface area (Å²) in [6.07, 6.45) is 4.11. The second-order valence-electron chi connectivity index (χ2n) is 3.15. The van der Waals surface area contributed by atoms with Crippen molar-refractivity contribution in [1.29, 1.82) is 0 Å². The van der Waals surface area contributed by atoms with E-state index in [0.29, 0.717) is 13.0 Å². The number of benzene rings is 1. The monoisotopic (exact) mass is 242 g/mol. The summed E-state index contributed by atoms with van der Waals surface area (Å²) in [5.41, 5.74) is 0.948. The number of ether oxygens (including phenoxy) is 1. The van der Waals surface area contributed by atoms with Crippen molar-refractivity contribution in [3.05, 3.63) is 42.2 Å². The summed E-state index contributed by atoms with van der Waals surface area (Å²) in [5.74, 6) is 0. The van der Waals surface area contributed by atoms with E-state index in [4.69, 9.17) is 9.29 Å². The van der Waals surface area contributed by atoms with Crippen LogP contribution in [0, 0.1) is 0 Å². The molecule has 4 nitrogen and oxygen atoms in total. The van der Waals surface area contributed by atoms with Crippen LogP contribution >= 0.6 is 0 Å². The molecule has 0 aliphatic heterocycles. The highest BCUT2D eigenvalue weighted by Gasteiger charge is 2.07. The van der Waals surface area contributed by atoms with Crippen molar-refractivity contribution in [2.24, 2.45) is 0 Å². The molecular weight excluding hydrogens is 228 g/mol. The van der Waals surface area contributed by atoms with Crippen molar-refractivity contribution in [1.82, 2.24) is 0 Å². The van der Waals surface area contributed by atoms with Gasteiger partial charge in [-0.15, -0.1) is 0 Å². The minimum atomic E-state index is -4.09. The first-order valence-electron chi connectivity index (χ1n) is 4.87. The van der Waals surface area contributed by atoms with Gasteiger partial charge in [-0.3, -0.25) is 4.55 Å². The SMILES string of the molecule is CCO/C=C/Cc1ccc(S(=O)(=O)O)cc1. The Labute approximate surface area is 95.3 Å². The van der Waals surface area contributed by atoms with E-state index >= 15 is 0 Å². The summed E-state index contributed by atoms with van der Waals surface area (Å²) in [4.78, 5) is -0.0926. The molecular formula is C11H14O4S. The molecule has 0 aliphatic carbocycles. The smallest absolute Gasteiger partial charge is 0.294 e. The predicted octanol–water partition coefficient (Wildman–Crippen LogP) is 2.03. The Morgan fingerprint density at radius 2 is 1.94 bits per heavy atom. The molecule has 5 heteroatoms. The average molecular weight is 242 g/mol. The molecule has 0 spiro atoms. The van der Waals surface area contributed by atoms with Crippen molar-refractivity contribution in [2.75, 3.05) is 6.61 Å². The molecule has 0 amide bonds. The first-order valence-corrected chi connectivity index (χ1v) is 6.31. The van der Waals surface area contributed by atoms with Crippen molar-refractivity contribution in [3.63, 3.8) is 0 Å². The molecule has 0 saturated heterocycles. The Balaban J connectivity index is 2.66. The Bertz CT molecular complexity index is 445. The Morgan fingerprint density at radius 1 is 1.31 bits per heavy atom. The van der Waals surface area contributed by atoms with Crippen molar-refractivity contribution in [3.8, 4) is 0 Å². The zero-order chi connectivity index (χ0) is 12.0. The molecule has 0 radical (unpaired) electrons. The minimum absolute atomic E-state index is 0.0926. The maximum Gasteiger partial charge on any atom is 0.294 e. The summed E-state index contributed by atoms with van der Waals surface area (Å²) in [7, 11) is -4.09. The zero-order valence-electron chi connectivity index (χ0n) is 8.96. The highest BCUT2D eigenvalue weighted by molar-refractivity contribution is 7.85. The normalized spacial score (nSPS) is 11.9. The summed E-state index contributed by atoms with van der Waals surface area (Å²) < 4.78 is 35.3. The molecule has 1 rings (SSSR count). The summed E-state index contributed by atoms with van der Waals surface area (Å²) in [6, 6.07) is 6.05. The number of hydrogen-bond acceptors (Lipinski definition) is 3. The van der Waals surface area contributed by atoms with Gasteiger partial charge in [-0.25, -0.2) is 0 Å². The highest BCUT2D eigenvalue weighted by atomic mass is 32.2. The van der Waals surface area contributed by atoms with Gasteiger partial charge in [0.1, 0.15) is 0 Å². The molecule has 0 heterocycles. The van der Waals surface area contributed by atoms with E-state index in [1.807, 2.05) is 13.0 Å². The van der Waals surface area contributed by atoms with Crippen LogP contribution in [0.15, 0.2) is 41.5 Å². The molecule has 0 aliphatic rings. The molecule has 0 unspecified atom stereocenters. The fraction of sp³-hybridized carbons (Fsp3) is 0.273. The standard InChI is InChI=1S/C11H14O4S/c1-2-15-9-3-4-10-5-7-11(8-6-10)16(12,13)14/h3,5-9H,2,4H2,1H3,(H,12,13,14)/b9-3+. The van der Waals surface area contributed by atoms with Gasteiger partial charge >= 0.3 is 0 Å². The Morgan fingerprint density at radius 3 is 2.44 bits per heavy atom. The lowest BCUT2D eigenvalue weighted by Crippen LogP contribution is -1.97. The maximum atomic E-state index is 10.8. The van der Waals surface area contributed by atoms with Crippen LogP contribution in [0.4, 0.5) is 0 Å². The lowest BCUT2D eigenvalue weighted by Gasteiger charge is -1.99.